The monoisotopic (exact) mass is 382 g/mol. The van der Waals surface area contributed by atoms with Crippen molar-refractivity contribution in [1.29, 1.82) is 0 Å². The average Bonchev–Trinajstić information content (AvgIpc) is 2.72. The molecule has 3 rings (SSSR count). The SMILES string of the molecule is COc1ccccc1C(=O)N1CCCC(COc2ccccc2)(CC(N)=O)C1. The number of ether oxygens (including phenoxy) is 2. The maximum Gasteiger partial charge on any atom is 0.257 e. The standard InChI is InChI=1S/C22H26N2O4/c1-27-19-11-6-5-10-18(19)21(26)24-13-7-12-22(15-24,14-20(23)25)16-28-17-8-3-2-4-9-17/h2-6,8-11H,7,12-16H2,1H3,(H2,23,25). The van der Waals surface area contributed by atoms with Gasteiger partial charge in [0.05, 0.1) is 19.3 Å². The van der Waals surface area contributed by atoms with Gasteiger partial charge in [0.2, 0.25) is 5.91 Å². The maximum absolute atomic E-state index is 13.1. The zero-order chi connectivity index (χ0) is 20.0. The van der Waals surface area contributed by atoms with E-state index in [1.54, 1.807) is 24.1 Å². The minimum absolute atomic E-state index is 0.106. The van der Waals surface area contributed by atoms with Gasteiger partial charge < -0.3 is 20.1 Å². The van der Waals surface area contributed by atoms with E-state index in [1.165, 1.54) is 0 Å². The van der Waals surface area contributed by atoms with E-state index < -0.39 is 5.41 Å². The first-order valence-corrected chi connectivity index (χ1v) is 9.41. The van der Waals surface area contributed by atoms with Crippen LogP contribution in [0.3, 0.4) is 0 Å². The lowest BCUT2D eigenvalue weighted by molar-refractivity contribution is -0.122. The first-order chi connectivity index (χ1) is 13.5. The van der Waals surface area contributed by atoms with Crippen molar-refractivity contribution in [3.63, 3.8) is 0 Å². The van der Waals surface area contributed by atoms with Crippen LogP contribution in [0.1, 0.15) is 29.6 Å². The van der Waals surface area contributed by atoms with Gasteiger partial charge in [0, 0.05) is 24.9 Å². The van der Waals surface area contributed by atoms with Crippen LogP contribution in [0, 0.1) is 5.41 Å². The lowest BCUT2D eigenvalue weighted by Crippen LogP contribution is -2.50. The van der Waals surface area contributed by atoms with E-state index in [1.807, 2.05) is 42.5 Å². The van der Waals surface area contributed by atoms with Gasteiger partial charge in [-0.05, 0) is 37.1 Å². The Morgan fingerprint density at radius 3 is 2.54 bits per heavy atom. The van der Waals surface area contributed by atoms with Crippen molar-refractivity contribution in [2.24, 2.45) is 11.1 Å². The van der Waals surface area contributed by atoms with Crippen LogP contribution >= 0.6 is 0 Å². The summed E-state index contributed by atoms with van der Waals surface area (Å²) >= 11 is 0. The summed E-state index contributed by atoms with van der Waals surface area (Å²) in [4.78, 5) is 26.7. The highest BCUT2D eigenvalue weighted by atomic mass is 16.5. The predicted octanol–water partition coefficient (Wildman–Crippen LogP) is 2.87. The fourth-order valence-corrected chi connectivity index (χ4v) is 3.81. The first kappa shape index (κ1) is 19.7. The first-order valence-electron chi connectivity index (χ1n) is 9.41. The minimum atomic E-state index is -0.502. The molecule has 0 saturated carbocycles. The molecular weight excluding hydrogens is 356 g/mol. The number of nitrogens with two attached hydrogens (primary N) is 1. The fourth-order valence-electron chi connectivity index (χ4n) is 3.81. The molecular formula is C22H26N2O4. The number of hydrogen-bond acceptors (Lipinski definition) is 4. The molecule has 28 heavy (non-hydrogen) atoms. The van der Waals surface area contributed by atoms with Crippen LogP contribution in [0.25, 0.3) is 0 Å². The normalized spacial score (nSPS) is 19.1. The topological polar surface area (TPSA) is 81.9 Å². The molecule has 2 aromatic rings. The van der Waals surface area contributed by atoms with Crippen LogP contribution in [0.2, 0.25) is 0 Å². The molecule has 1 aliphatic heterocycles. The van der Waals surface area contributed by atoms with Crippen molar-refractivity contribution in [3.8, 4) is 11.5 Å². The average molecular weight is 382 g/mol. The van der Waals surface area contributed by atoms with E-state index in [2.05, 4.69) is 0 Å². The van der Waals surface area contributed by atoms with Crippen LogP contribution < -0.4 is 15.2 Å². The summed E-state index contributed by atoms with van der Waals surface area (Å²) in [6.07, 6.45) is 1.74. The van der Waals surface area contributed by atoms with Crippen LogP contribution in [0.15, 0.2) is 54.6 Å². The summed E-state index contributed by atoms with van der Waals surface area (Å²) in [5.74, 6) is 0.785. The molecule has 148 valence electrons. The Hall–Kier alpha value is -3.02. The van der Waals surface area contributed by atoms with E-state index in [0.29, 0.717) is 31.0 Å². The zero-order valence-electron chi connectivity index (χ0n) is 16.1. The highest BCUT2D eigenvalue weighted by Crippen LogP contribution is 2.35. The molecule has 1 fully saturated rings. The number of primary amides is 1. The number of likely N-dealkylation sites (tertiary alicyclic amines) is 1. The molecule has 1 aliphatic rings. The third-order valence-electron chi connectivity index (χ3n) is 5.12. The fraction of sp³-hybridized carbons (Fsp3) is 0.364. The van der Waals surface area contributed by atoms with E-state index in [0.717, 1.165) is 18.6 Å². The number of carbonyl (C=O) groups excluding carboxylic acids is 2. The summed E-state index contributed by atoms with van der Waals surface area (Å²) in [6, 6.07) is 16.6. The molecule has 0 bridgehead atoms. The lowest BCUT2D eigenvalue weighted by atomic mass is 9.77. The van der Waals surface area contributed by atoms with Crippen molar-refractivity contribution < 1.29 is 19.1 Å². The van der Waals surface area contributed by atoms with Gasteiger partial charge in [0.15, 0.2) is 0 Å². The molecule has 1 atom stereocenters. The number of rotatable bonds is 7. The maximum atomic E-state index is 13.1. The second-order valence-corrected chi connectivity index (χ2v) is 7.28. The van der Waals surface area contributed by atoms with Gasteiger partial charge in [-0.15, -0.1) is 0 Å². The Morgan fingerprint density at radius 2 is 1.82 bits per heavy atom. The Labute approximate surface area is 165 Å². The molecule has 1 unspecified atom stereocenters. The van der Waals surface area contributed by atoms with Crippen LogP contribution in [0.5, 0.6) is 11.5 Å². The number of benzene rings is 2. The highest BCUT2D eigenvalue weighted by Gasteiger charge is 2.40. The Morgan fingerprint density at radius 1 is 1.11 bits per heavy atom. The Bertz CT molecular complexity index is 824. The molecule has 2 aromatic carbocycles. The van der Waals surface area contributed by atoms with Crippen LogP contribution in [-0.4, -0.2) is 43.5 Å². The molecule has 0 spiro atoms. The van der Waals surface area contributed by atoms with Crippen molar-refractivity contribution in [3.05, 3.63) is 60.2 Å². The number of amides is 2. The number of para-hydroxylation sites is 2. The zero-order valence-corrected chi connectivity index (χ0v) is 16.1. The number of hydrogen-bond donors (Lipinski definition) is 1. The van der Waals surface area contributed by atoms with Crippen LogP contribution in [0.4, 0.5) is 0 Å². The molecule has 1 saturated heterocycles. The third-order valence-corrected chi connectivity index (χ3v) is 5.12. The molecule has 2 amide bonds. The summed E-state index contributed by atoms with van der Waals surface area (Å²) in [5.41, 5.74) is 5.55. The van der Waals surface area contributed by atoms with E-state index in [4.69, 9.17) is 15.2 Å². The van der Waals surface area contributed by atoms with Gasteiger partial charge in [-0.25, -0.2) is 0 Å². The number of nitrogens with zero attached hydrogens (tertiary/aromatic N) is 1. The van der Waals surface area contributed by atoms with Gasteiger partial charge in [0.1, 0.15) is 11.5 Å². The van der Waals surface area contributed by atoms with E-state index in [9.17, 15) is 9.59 Å². The molecule has 6 heteroatoms. The summed E-state index contributed by atoms with van der Waals surface area (Å²) in [7, 11) is 1.55. The molecule has 0 radical (unpaired) electrons. The lowest BCUT2D eigenvalue weighted by Gasteiger charge is -2.42. The summed E-state index contributed by atoms with van der Waals surface area (Å²) < 4.78 is 11.3. The molecule has 0 aromatic heterocycles. The predicted molar refractivity (Wildman–Crippen MR) is 106 cm³/mol. The van der Waals surface area contributed by atoms with Gasteiger partial charge >= 0.3 is 0 Å². The number of carbonyl (C=O) groups is 2. The van der Waals surface area contributed by atoms with Gasteiger partial charge in [-0.1, -0.05) is 30.3 Å². The summed E-state index contributed by atoms with van der Waals surface area (Å²) in [6.45, 7) is 1.37. The van der Waals surface area contributed by atoms with Crippen molar-refractivity contribution in [2.45, 2.75) is 19.3 Å². The third kappa shape index (κ3) is 4.63. The molecule has 2 N–H and O–H groups in total. The number of methoxy groups -OCH3 is 1. The van der Waals surface area contributed by atoms with Gasteiger partial charge in [-0.2, -0.15) is 0 Å². The van der Waals surface area contributed by atoms with Gasteiger partial charge in [-0.3, -0.25) is 9.59 Å². The van der Waals surface area contributed by atoms with Crippen molar-refractivity contribution in [1.82, 2.24) is 4.90 Å². The van der Waals surface area contributed by atoms with Crippen molar-refractivity contribution >= 4 is 11.8 Å². The van der Waals surface area contributed by atoms with E-state index >= 15 is 0 Å². The quantitative estimate of drug-likeness (QED) is 0.798. The highest BCUT2D eigenvalue weighted by molar-refractivity contribution is 5.97. The minimum Gasteiger partial charge on any atom is -0.496 e. The second kappa shape index (κ2) is 8.78. The smallest absolute Gasteiger partial charge is 0.257 e. The van der Waals surface area contributed by atoms with E-state index in [-0.39, 0.29) is 18.2 Å². The number of piperidine rings is 1. The van der Waals surface area contributed by atoms with Crippen LogP contribution in [-0.2, 0) is 4.79 Å². The van der Waals surface area contributed by atoms with Crippen molar-refractivity contribution in [2.75, 3.05) is 26.8 Å². The Balaban J connectivity index is 1.79. The second-order valence-electron chi connectivity index (χ2n) is 7.28. The molecule has 0 aliphatic carbocycles. The Kier molecular flexibility index (Phi) is 6.19. The molecule has 6 nitrogen and oxygen atoms in total. The van der Waals surface area contributed by atoms with Gasteiger partial charge in [0.25, 0.3) is 5.91 Å². The molecule has 1 heterocycles. The largest absolute Gasteiger partial charge is 0.496 e. The summed E-state index contributed by atoms with van der Waals surface area (Å²) in [5, 5.41) is 0.